The quantitative estimate of drug-likeness (QED) is 0.302. The summed E-state index contributed by atoms with van der Waals surface area (Å²) in [7, 11) is 0. The number of hydrogen-bond donors (Lipinski definition) is 1. The number of thiazole rings is 1. The molecule has 0 saturated carbocycles. The number of alkyl halides is 3. The van der Waals surface area contributed by atoms with E-state index in [-0.39, 0.29) is 16.5 Å². The van der Waals surface area contributed by atoms with Crippen LogP contribution in [0.15, 0.2) is 64.3 Å². The van der Waals surface area contributed by atoms with Crippen LogP contribution in [0.5, 0.6) is 0 Å². The first-order valence-electron chi connectivity index (χ1n) is 9.35. The van der Waals surface area contributed by atoms with Gasteiger partial charge in [0.2, 0.25) is 5.91 Å². The van der Waals surface area contributed by atoms with Crippen LogP contribution in [0, 0.1) is 11.3 Å². The van der Waals surface area contributed by atoms with Gasteiger partial charge in [-0.1, -0.05) is 48.2 Å². The number of anilines is 1. The molecular formula is C22H13F3N4OS3. The van der Waals surface area contributed by atoms with Gasteiger partial charge in [-0.15, -0.1) is 22.7 Å². The lowest BCUT2D eigenvalue weighted by Gasteiger charge is -2.13. The van der Waals surface area contributed by atoms with Crippen molar-refractivity contribution in [2.24, 2.45) is 0 Å². The zero-order valence-corrected chi connectivity index (χ0v) is 19.0. The minimum Gasteiger partial charge on any atom is -0.301 e. The van der Waals surface area contributed by atoms with Gasteiger partial charge in [0.25, 0.3) is 0 Å². The van der Waals surface area contributed by atoms with Crippen molar-refractivity contribution in [3.8, 4) is 27.9 Å². The summed E-state index contributed by atoms with van der Waals surface area (Å²) in [6, 6.07) is 15.2. The van der Waals surface area contributed by atoms with Gasteiger partial charge in [0.15, 0.2) is 5.13 Å². The maximum absolute atomic E-state index is 13.6. The number of nitriles is 1. The van der Waals surface area contributed by atoms with Crippen molar-refractivity contribution in [1.82, 2.24) is 9.97 Å². The molecule has 11 heteroatoms. The number of thioether (sulfide) groups is 1. The highest BCUT2D eigenvalue weighted by Gasteiger charge is 2.36. The molecule has 1 amide bonds. The minimum absolute atomic E-state index is 0.103. The number of hydrogen-bond acceptors (Lipinski definition) is 7. The van der Waals surface area contributed by atoms with Gasteiger partial charge in [0.05, 0.1) is 33.1 Å². The van der Waals surface area contributed by atoms with Crippen molar-refractivity contribution in [3.05, 3.63) is 70.4 Å². The van der Waals surface area contributed by atoms with Gasteiger partial charge in [0.1, 0.15) is 11.1 Å². The summed E-state index contributed by atoms with van der Waals surface area (Å²) in [5, 5.41) is 15.8. The van der Waals surface area contributed by atoms with Gasteiger partial charge in [-0.3, -0.25) is 4.79 Å². The molecule has 0 radical (unpaired) electrons. The Morgan fingerprint density at radius 2 is 1.88 bits per heavy atom. The molecule has 0 fully saturated rings. The molecule has 3 heterocycles. The van der Waals surface area contributed by atoms with Crippen LogP contribution >= 0.6 is 34.4 Å². The first-order chi connectivity index (χ1) is 15.8. The SMILES string of the molecule is N#Cc1c(C(F)(F)F)cc(-c2cccs2)nc1SCC(=O)Nc1nc(-c2ccccc2)cs1. The fourth-order valence-electron chi connectivity index (χ4n) is 2.87. The van der Waals surface area contributed by atoms with Crippen LogP contribution in [0.1, 0.15) is 11.1 Å². The van der Waals surface area contributed by atoms with Gasteiger partial charge >= 0.3 is 6.18 Å². The number of pyridine rings is 1. The third-order valence-corrected chi connectivity index (χ3v) is 6.96. The van der Waals surface area contributed by atoms with Gasteiger partial charge in [0, 0.05) is 10.9 Å². The average Bonchev–Trinajstić information content (AvgIpc) is 3.49. The summed E-state index contributed by atoms with van der Waals surface area (Å²) in [6.07, 6.45) is -4.73. The van der Waals surface area contributed by atoms with Crippen molar-refractivity contribution in [2.75, 3.05) is 11.1 Å². The third kappa shape index (κ3) is 5.42. The van der Waals surface area contributed by atoms with Crippen LogP contribution in [0.2, 0.25) is 0 Å². The number of nitrogens with one attached hydrogen (secondary N) is 1. The highest BCUT2D eigenvalue weighted by molar-refractivity contribution is 8.00. The summed E-state index contributed by atoms with van der Waals surface area (Å²) in [6.45, 7) is 0. The molecule has 0 aliphatic rings. The Labute approximate surface area is 199 Å². The molecule has 0 atom stereocenters. The predicted molar refractivity (Wildman–Crippen MR) is 124 cm³/mol. The van der Waals surface area contributed by atoms with Crippen LogP contribution in [0.4, 0.5) is 18.3 Å². The molecule has 1 N–H and O–H groups in total. The molecule has 1 aromatic carbocycles. The van der Waals surface area contributed by atoms with Gasteiger partial charge in [-0.2, -0.15) is 18.4 Å². The van der Waals surface area contributed by atoms with E-state index >= 15 is 0 Å². The van der Waals surface area contributed by atoms with Crippen molar-refractivity contribution in [3.63, 3.8) is 0 Å². The summed E-state index contributed by atoms with van der Waals surface area (Å²) in [5.41, 5.74) is 0.0404. The van der Waals surface area contributed by atoms with E-state index in [0.717, 1.165) is 23.4 Å². The average molecular weight is 503 g/mol. The second kappa shape index (κ2) is 9.74. The molecule has 5 nitrogen and oxygen atoms in total. The molecule has 166 valence electrons. The molecular weight excluding hydrogens is 489 g/mol. The summed E-state index contributed by atoms with van der Waals surface area (Å²) >= 11 is 3.26. The lowest BCUT2D eigenvalue weighted by atomic mass is 10.1. The maximum atomic E-state index is 13.6. The summed E-state index contributed by atoms with van der Waals surface area (Å²) < 4.78 is 40.8. The fourth-order valence-corrected chi connectivity index (χ4v) is 5.10. The first-order valence-corrected chi connectivity index (χ1v) is 12.1. The summed E-state index contributed by atoms with van der Waals surface area (Å²) in [4.78, 5) is 21.6. The number of halogens is 3. The number of carbonyl (C=O) groups excluding carboxylic acids is 1. The lowest BCUT2D eigenvalue weighted by molar-refractivity contribution is -0.138. The fraction of sp³-hybridized carbons (Fsp3) is 0.0909. The van der Waals surface area contributed by atoms with Crippen molar-refractivity contribution in [1.29, 1.82) is 5.26 Å². The number of amides is 1. The highest BCUT2D eigenvalue weighted by Crippen LogP contribution is 2.38. The Balaban J connectivity index is 1.53. The van der Waals surface area contributed by atoms with Crippen molar-refractivity contribution >= 4 is 45.5 Å². The molecule has 0 aliphatic heterocycles. The predicted octanol–water partition coefficient (Wildman–Crippen LogP) is 6.55. The Hall–Kier alpha value is -3.20. The van der Waals surface area contributed by atoms with E-state index < -0.39 is 23.2 Å². The van der Waals surface area contributed by atoms with E-state index in [1.165, 1.54) is 22.7 Å². The number of rotatable bonds is 6. The molecule has 0 bridgehead atoms. The van der Waals surface area contributed by atoms with Gasteiger partial charge < -0.3 is 5.32 Å². The number of benzene rings is 1. The molecule has 0 aliphatic carbocycles. The Morgan fingerprint density at radius 3 is 2.55 bits per heavy atom. The van der Waals surface area contributed by atoms with E-state index in [1.807, 2.05) is 30.3 Å². The smallest absolute Gasteiger partial charge is 0.301 e. The van der Waals surface area contributed by atoms with Crippen molar-refractivity contribution < 1.29 is 18.0 Å². The van der Waals surface area contributed by atoms with Gasteiger partial charge in [-0.25, -0.2) is 9.97 Å². The highest BCUT2D eigenvalue weighted by atomic mass is 32.2. The molecule has 3 aromatic heterocycles. The van der Waals surface area contributed by atoms with Crippen LogP contribution < -0.4 is 5.32 Å². The van der Waals surface area contributed by atoms with E-state index in [0.29, 0.717) is 15.7 Å². The number of aromatic nitrogens is 2. The monoisotopic (exact) mass is 502 g/mol. The van der Waals surface area contributed by atoms with E-state index in [2.05, 4.69) is 15.3 Å². The molecule has 0 spiro atoms. The third-order valence-electron chi connectivity index (χ3n) is 4.34. The van der Waals surface area contributed by atoms with Crippen LogP contribution in [-0.2, 0) is 11.0 Å². The summed E-state index contributed by atoms with van der Waals surface area (Å²) in [5.74, 6) is -0.692. The molecule has 33 heavy (non-hydrogen) atoms. The zero-order chi connectivity index (χ0) is 23.4. The second-order valence-electron chi connectivity index (χ2n) is 6.56. The Morgan fingerprint density at radius 1 is 1.09 bits per heavy atom. The van der Waals surface area contributed by atoms with E-state index in [9.17, 15) is 23.2 Å². The Kier molecular flexibility index (Phi) is 6.78. The van der Waals surface area contributed by atoms with E-state index in [4.69, 9.17) is 0 Å². The second-order valence-corrected chi connectivity index (χ2v) is 9.33. The molecule has 4 rings (SSSR count). The number of nitrogens with zero attached hydrogens (tertiary/aromatic N) is 3. The van der Waals surface area contributed by atoms with Gasteiger partial charge in [-0.05, 0) is 17.5 Å². The Bertz CT molecular complexity index is 1310. The zero-order valence-electron chi connectivity index (χ0n) is 16.6. The number of carbonyl (C=O) groups is 1. The van der Waals surface area contributed by atoms with Crippen LogP contribution in [0.25, 0.3) is 21.8 Å². The standard InChI is InChI=1S/C22H13F3N4OS3/c23-22(24,25)15-9-16(18-7-4-8-31-18)27-20(14(15)10-26)32-12-19(30)29-21-28-17(11-33-21)13-5-2-1-3-6-13/h1-9,11H,12H2,(H,28,29,30). The minimum atomic E-state index is -4.73. The molecule has 0 saturated heterocycles. The largest absolute Gasteiger partial charge is 0.417 e. The maximum Gasteiger partial charge on any atom is 0.417 e. The lowest BCUT2D eigenvalue weighted by Crippen LogP contribution is -2.15. The molecule has 0 unspecified atom stereocenters. The van der Waals surface area contributed by atoms with Crippen LogP contribution in [0.3, 0.4) is 0 Å². The molecule has 4 aromatic rings. The topological polar surface area (TPSA) is 78.7 Å². The normalized spacial score (nSPS) is 11.2. The van der Waals surface area contributed by atoms with Crippen LogP contribution in [-0.4, -0.2) is 21.6 Å². The first kappa shape index (κ1) is 23.0. The van der Waals surface area contributed by atoms with Crippen molar-refractivity contribution in [2.45, 2.75) is 11.2 Å². The number of thiophene rings is 1. The van der Waals surface area contributed by atoms with E-state index in [1.54, 1.807) is 29.0 Å².